The first-order valence-electron chi connectivity index (χ1n) is 8.01. The minimum atomic E-state index is 0.621. The van der Waals surface area contributed by atoms with E-state index in [4.69, 9.17) is 4.42 Å². The van der Waals surface area contributed by atoms with Gasteiger partial charge >= 0.3 is 0 Å². The largest absolute Gasteiger partial charge is 0.460 e. The molecular weight excluding hydrogens is 262 g/mol. The van der Waals surface area contributed by atoms with Crippen LogP contribution in [0.2, 0.25) is 0 Å². The highest BCUT2D eigenvalue weighted by molar-refractivity contribution is 5.56. The van der Waals surface area contributed by atoms with E-state index in [1.807, 2.05) is 25.3 Å². The van der Waals surface area contributed by atoms with Gasteiger partial charge < -0.3 is 9.73 Å². The molecule has 3 atom stereocenters. The molecule has 4 nitrogen and oxygen atoms in total. The molecule has 3 unspecified atom stereocenters. The Hall–Kier alpha value is -1.55. The molecule has 4 heteroatoms. The van der Waals surface area contributed by atoms with Crippen LogP contribution in [-0.2, 0) is 6.54 Å². The van der Waals surface area contributed by atoms with Crippen molar-refractivity contribution in [3.8, 4) is 11.5 Å². The zero-order valence-corrected chi connectivity index (χ0v) is 13.1. The zero-order chi connectivity index (χ0) is 14.8. The third kappa shape index (κ3) is 2.91. The van der Waals surface area contributed by atoms with Gasteiger partial charge in [0.1, 0.15) is 11.5 Å². The van der Waals surface area contributed by atoms with E-state index in [-0.39, 0.29) is 0 Å². The van der Waals surface area contributed by atoms with Gasteiger partial charge in [-0.3, -0.25) is 5.10 Å². The second-order valence-electron chi connectivity index (χ2n) is 6.27. The summed E-state index contributed by atoms with van der Waals surface area (Å²) < 4.78 is 5.70. The number of nitrogens with zero attached hydrogens (tertiary/aromatic N) is 1. The summed E-state index contributed by atoms with van der Waals surface area (Å²) in [6.45, 7) is 7.49. The fourth-order valence-corrected chi connectivity index (χ4v) is 3.58. The van der Waals surface area contributed by atoms with Crippen molar-refractivity contribution in [2.24, 2.45) is 11.8 Å². The first kappa shape index (κ1) is 14.4. The lowest BCUT2D eigenvalue weighted by Crippen LogP contribution is -2.32. The SMILES string of the molecule is CCC1CCC(NCc2cn[nH]c2-c2ccc(C)o2)C1C. The van der Waals surface area contributed by atoms with Gasteiger partial charge in [-0.25, -0.2) is 0 Å². The van der Waals surface area contributed by atoms with Crippen LogP contribution >= 0.6 is 0 Å². The Labute approximate surface area is 126 Å². The predicted octanol–water partition coefficient (Wildman–Crippen LogP) is 3.89. The van der Waals surface area contributed by atoms with E-state index >= 15 is 0 Å². The number of aromatic nitrogens is 2. The number of H-pyrrole nitrogens is 1. The Kier molecular flexibility index (Phi) is 4.15. The van der Waals surface area contributed by atoms with Crippen LogP contribution in [0.25, 0.3) is 11.5 Å². The number of nitrogens with one attached hydrogen (secondary N) is 2. The highest BCUT2D eigenvalue weighted by atomic mass is 16.3. The molecule has 114 valence electrons. The molecule has 1 fully saturated rings. The summed E-state index contributed by atoms with van der Waals surface area (Å²) in [6, 6.07) is 4.60. The van der Waals surface area contributed by atoms with E-state index < -0.39 is 0 Å². The molecule has 2 aromatic heterocycles. The highest BCUT2D eigenvalue weighted by Crippen LogP contribution is 2.34. The summed E-state index contributed by atoms with van der Waals surface area (Å²) >= 11 is 0. The van der Waals surface area contributed by atoms with E-state index in [0.717, 1.165) is 35.6 Å². The van der Waals surface area contributed by atoms with Crippen molar-refractivity contribution in [1.82, 2.24) is 15.5 Å². The van der Waals surface area contributed by atoms with Gasteiger partial charge in [-0.05, 0) is 43.7 Å². The molecule has 1 saturated carbocycles. The number of rotatable bonds is 5. The lowest BCUT2D eigenvalue weighted by Gasteiger charge is -2.21. The summed E-state index contributed by atoms with van der Waals surface area (Å²) in [4.78, 5) is 0. The summed E-state index contributed by atoms with van der Waals surface area (Å²) in [7, 11) is 0. The maximum Gasteiger partial charge on any atom is 0.152 e. The first-order chi connectivity index (χ1) is 10.2. The van der Waals surface area contributed by atoms with Gasteiger partial charge in [-0.15, -0.1) is 0 Å². The quantitative estimate of drug-likeness (QED) is 0.877. The molecule has 0 radical (unpaired) electrons. The van der Waals surface area contributed by atoms with Crippen LogP contribution < -0.4 is 5.32 Å². The lowest BCUT2D eigenvalue weighted by atomic mass is 9.93. The standard InChI is InChI=1S/C17H25N3O/c1-4-13-6-7-15(12(13)3)18-9-14-10-19-20-17(14)16-8-5-11(2)21-16/h5,8,10,12-13,15,18H,4,6-7,9H2,1-3H3,(H,19,20). The van der Waals surface area contributed by atoms with Crippen molar-refractivity contribution < 1.29 is 4.42 Å². The van der Waals surface area contributed by atoms with Crippen molar-refractivity contribution in [2.75, 3.05) is 0 Å². The molecule has 0 amide bonds. The van der Waals surface area contributed by atoms with Gasteiger partial charge in [0.25, 0.3) is 0 Å². The highest BCUT2D eigenvalue weighted by Gasteiger charge is 2.31. The monoisotopic (exact) mass is 287 g/mol. The van der Waals surface area contributed by atoms with Crippen LogP contribution in [0.4, 0.5) is 0 Å². The molecule has 3 rings (SSSR count). The van der Waals surface area contributed by atoms with Crippen molar-refractivity contribution >= 4 is 0 Å². The fraction of sp³-hybridized carbons (Fsp3) is 0.588. The summed E-state index contributed by atoms with van der Waals surface area (Å²) in [6.07, 6.45) is 5.83. The average Bonchev–Trinajstić information content (AvgIpc) is 3.17. The minimum absolute atomic E-state index is 0.621. The smallest absolute Gasteiger partial charge is 0.152 e. The maximum absolute atomic E-state index is 5.70. The van der Waals surface area contributed by atoms with Crippen molar-refractivity contribution in [1.29, 1.82) is 0 Å². The fourth-order valence-electron chi connectivity index (χ4n) is 3.58. The van der Waals surface area contributed by atoms with Gasteiger partial charge in [-0.1, -0.05) is 20.3 Å². The number of aryl methyl sites for hydroxylation is 1. The molecule has 2 N–H and O–H groups in total. The third-order valence-corrected chi connectivity index (χ3v) is 5.01. The van der Waals surface area contributed by atoms with E-state index in [0.29, 0.717) is 6.04 Å². The van der Waals surface area contributed by atoms with Crippen LogP contribution in [0, 0.1) is 18.8 Å². The Balaban J connectivity index is 1.66. The Morgan fingerprint density at radius 3 is 2.90 bits per heavy atom. The van der Waals surface area contributed by atoms with Crippen molar-refractivity contribution in [2.45, 2.75) is 52.6 Å². The van der Waals surface area contributed by atoms with Crippen LogP contribution in [0.3, 0.4) is 0 Å². The molecule has 0 saturated heterocycles. The molecule has 0 aromatic carbocycles. The summed E-state index contributed by atoms with van der Waals surface area (Å²) in [5.41, 5.74) is 2.17. The second kappa shape index (κ2) is 6.06. The van der Waals surface area contributed by atoms with Crippen LogP contribution in [0.15, 0.2) is 22.7 Å². The van der Waals surface area contributed by atoms with E-state index in [2.05, 4.69) is 29.4 Å². The molecule has 0 bridgehead atoms. The molecule has 2 heterocycles. The van der Waals surface area contributed by atoms with E-state index in [9.17, 15) is 0 Å². The third-order valence-electron chi connectivity index (χ3n) is 5.01. The summed E-state index contributed by atoms with van der Waals surface area (Å²) in [5.74, 6) is 3.43. The van der Waals surface area contributed by atoms with Crippen LogP contribution in [0.5, 0.6) is 0 Å². The number of hydrogen-bond acceptors (Lipinski definition) is 3. The molecule has 1 aliphatic rings. The van der Waals surface area contributed by atoms with Crippen LogP contribution in [-0.4, -0.2) is 16.2 Å². The van der Waals surface area contributed by atoms with Gasteiger partial charge in [0.15, 0.2) is 5.76 Å². The Bertz CT molecular complexity index is 586. The number of aromatic amines is 1. The predicted molar refractivity (Wildman–Crippen MR) is 83.8 cm³/mol. The lowest BCUT2D eigenvalue weighted by molar-refractivity contribution is 0.344. The average molecular weight is 287 g/mol. The number of hydrogen-bond donors (Lipinski definition) is 2. The Morgan fingerprint density at radius 1 is 1.38 bits per heavy atom. The molecule has 21 heavy (non-hydrogen) atoms. The molecule has 1 aliphatic carbocycles. The van der Waals surface area contributed by atoms with Gasteiger partial charge in [-0.2, -0.15) is 5.10 Å². The molecule has 0 spiro atoms. The van der Waals surface area contributed by atoms with Crippen molar-refractivity contribution in [3.63, 3.8) is 0 Å². The van der Waals surface area contributed by atoms with Crippen LogP contribution in [0.1, 0.15) is 44.4 Å². The van der Waals surface area contributed by atoms with Gasteiger partial charge in [0.2, 0.25) is 0 Å². The topological polar surface area (TPSA) is 53.9 Å². The summed E-state index contributed by atoms with van der Waals surface area (Å²) in [5, 5.41) is 10.9. The van der Waals surface area contributed by atoms with Gasteiger partial charge in [0, 0.05) is 18.2 Å². The Morgan fingerprint density at radius 2 is 2.24 bits per heavy atom. The second-order valence-corrected chi connectivity index (χ2v) is 6.27. The van der Waals surface area contributed by atoms with Gasteiger partial charge in [0.05, 0.1) is 6.20 Å². The van der Waals surface area contributed by atoms with E-state index in [1.165, 1.54) is 24.8 Å². The maximum atomic E-state index is 5.70. The first-order valence-corrected chi connectivity index (χ1v) is 8.01. The number of furan rings is 1. The molecule has 0 aliphatic heterocycles. The molecular formula is C17H25N3O. The van der Waals surface area contributed by atoms with E-state index in [1.54, 1.807) is 0 Å². The molecule has 2 aromatic rings. The normalized spacial score (nSPS) is 25.6. The minimum Gasteiger partial charge on any atom is -0.460 e. The zero-order valence-electron chi connectivity index (χ0n) is 13.1. The van der Waals surface area contributed by atoms with Crippen molar-refractivity contribution in [3.05, 3.63) is 29.7 Å².